The first kappa shape index (κ1) is 43.3. The molecule has 0 radical (unpaired) electrons. The van der Waals surface area contributed by atoms with Crippen LogP contribution in [0.4, 0.5) is 0 Å². The minimum atomic E-state index is -1.68. The molecule has 9 N–H and O–H groups in total. The van der Waals surface area contributed by atoms with Gasteiger partial charge in [0.05, 0.1) is 25.4 Å². The lowest BCUT2D eigenvalue weighted by molar-refractivity contribution is -0.142. The first-order valence-corrected chi connectivity index (χ1v) is 16.7. The quantitative estimate of drug-likeness (QED) is 0.0824. The maximum atomic E-state index is 14.0. The van der Waals surface area contributed by atoms with Gasteiger partial charge in [-0.3, -0.25) is 38.4 Å². The van der Waals surface area contributed by atoms with Crippen LogP contribution < -0.4 is 31.9 Å². The van der Waals surface area contributed by atoms with E-state index in [0.717, 1.165) is 0 Å². The minimum Gasteiger partial charge on any atom is -0.508 e. The smallest absolute Gasteiger partial charge is 0.305 e. The highest BCUT2D eigenvalue weighted by Crippen LogP contribution is 2.20. The van der Waals surface area contributed by atoms with Gasteiger partial charge in [0.25, 0.3) is 0 Å². The fourth-order valence-electron chi connectivity index (χ4n) is 5.30. The van der Waals surface area contributed by atoms with Gasteiger partial charge in [0.1, 0.15) is 29.9 Å². The van der Waals surface area contributed by atoms with Crippen LogP contribution in [0.1, 0.15) is 51.7 Å². The second-order valence-corrected chi connectivity index (χ2v) is 13.5. The largest absolute Gasteiger partial charge is 0.508 e. The van der Waals surface area contributed by atoms with E-state index in [4.69, 9.17) is 0 Å². The SMILES string of the molecule is CNCC(=O)N[C@@H](CC(=O)O)C(=O)N[C@@H](Cc1ccccc1)C(=O)NC(Cc1ccc(O)cc1)C(=O)N[C@@H](CC(=O)O)C(=O)N[C@H](C(C)=O)C(C)(C)C. The number of carboxylic acids is 2. The summed E-state index contributed by atoms with van der Waals surface area (Å²) >= 11 is 0. The lowest BCUT2D eigenvalue weighted by Gasteiger charge is -2.31. The van der Waals surface area contributed by atoms with Gasteiger partial charge in [-0.2, -0.15) is 0 Å². The molecular weight excluding hydrogens is 692 g/mol. The molecule has 2 rings (SSSR count). The summed E-state index contributed by atoms with van der Waals surface area (Å²) in [4.78, 5) is 102. The van der Waals surface area contributed by atoms with Crippen LogP contribution in [0.5, 0.6) is 5.75 Å². The molecule has 0 heterocycles. The van der Waals surface area contributed by atoms with Crippen LogP contribution in [-0.2, 0) is 51.2 Å². The van der Waals surface area contributed by atoms with E-state index in [9.17, 15) is 53.7 Å². The van der Waals surface area contributed by atoms with Crippen molar-refractivity contribution >= 4 is 47.3 Å². The van der Waals surface area contributed by atoms with E-state index < -0.39 is 95.7 Å². The summed E-state index contributed by atoms with van der Waals surface area (Å²) in [6.45, 7) is 6.11. The first-order valence-electron chi connectivity index (χ1n) is 16.7. The highest BCUT2D eigenvalue weighted by atomic mass is 16.4. The summed E-state index contributed by atoms with van der Waals surface area (Å²) in [6, 6.07) is 6.83. The lowest BCUT2D eigenvalue weighted by atomic mass is 9.84. The van der Waals surface area contributed by atoms with Crippen molar-refractivity contribution < 1.29 is 53.7 Å². The van der Waals surface area contributed by atoms with Crippen LogP contribution in [-0.4, -0.2) is 106 Å². The van der Waals surface area contributed by atoms with Gasteiger partial charge in [0.2, 0.25) is 29.5 Å². The van der Waals surface area contributed by atoms with Crippen molar-refractivity contribution in [2.24, 2.45) is 5.41 Å². The molecule has 0 aliphatic rings. The summed E-state index contributed by atoms with van der Waals surface area (Å²) in [5.74, 6) is -7.86. The number of aliphatic carboxylic acids is 2. The van der Waals surface area contributed by atoms with E-state index in [0.29, 0.717) is 11.1 Å². The van der Waals surface area contributed by atoms with Gasteiger partial charge < -0.3 is 47.2 Å². The molecule has 0 spiro atoms. The Kier molecular flexibility index (Phi) is 16.6. The molecule has 17 heteroatoms. The highest BCUT2D eigenvalue weighted by molar-refractivity contribution is 5.98. The summed E-state index contributed by atoms with van der Waals surface area (Å²) in [5.41, 5.74) is 0.245. The zero-order chi connectivity index (χ0) is 39.9. The molecule has 288 valence electrons. The molecular formula is C36H48N6O11. The van der Waals surface area contributed by atoms with E-state index in [-0.39, 0.29) is 25.1 Å². The Balaban J connectivity index is 2.49. The Bertz CT molecular complexity index is 1630. The molecule has 0 saturated heterocycles. The van der Waals surface area contributed by atoms with E-state index in [1.165, 1.54) is 38.2 Å². The number of hydrogen-bond acceptors (Lipinski definition) is 10. The number of ketones is 1. The predicted molar refractivity (Wildman–Crippen MR) is 190 cm³/mol. The van der Waals surface area contributed by atoms with Crippen molar-refractivity contribution in [1.82, 2.24) is 31.9 Å². The summed E-state index contributed by atoms with van der Waals surface area (Å²) in [5, 5.41) is 43.6. The number of phenolic OH excluding ortho intramolecular Hbond substituents is 1. The Hall–Kier alpha value is -5.84. The molecule has 1 unspecified atom stereocenters. The Morgan fingerprint density at radius 1 is 0.604 bits per heavy atom. The molecule has 0 aliphatic heterocycles. The van der Waals surface area contributed by atoms with Gasteiger partial charge in [-0.1, -0.05) is 63.2 Å². The normalized spacial score (nSPS) is 13.9. The highest BCUT2D eigenvalue weighted by Gasteiger charge is 2.36. The number of rotatable bonds is 20. The number of likely N-dealkylation sites (N-methyl/N-ethyl adjacent to an activating group) is 1. The third-order valence-electron chi connectivity index (χ3n) is 7.86. The van der Waals surface area contributed by atoms with Crippen LogP contribution >= 0.6 is 0 Å². The number of carboxylic acid groups (broad SMARTS) is 2. The van der Waals surface area contributed by atoms with Crippen molar-refractivity contribution in [1.29, 1.82) is 0 Å². The van der Waals surface area contributed by atoms with Gasteiger partial charge in [0, 0.05) is 12.8 Å². The van der Waals surface area contributed by atoms with Crippen LogP contribution in [0.25, 0.3) is 0 Å². The number of Topliss-reactive ketones (excluding diaryl/α,β-unsaturated/α-hetero) is 1. The van der Waals surface area contributed by atoms with Gasteiger partial charge in [-0.15, -0.1) is 0 Å². The van der Waals surface area contributed by atoms with Gasteiger partial charge in [0.15, 0.2) is 5.78 Å². The van der Waals surface area contributed by atoms with E-state index in [1.54, 1.807) is 51.1 Å². The van der Waals surface area contributed by atoms with Crippen molar-refractivity contribution in [3.05, 3.63) is 65.7 Å². The molecule has 0 aliphatic carbocycles. The third kappa shape index (κ3) is 15.1. The van der Waals surface area contributed by atoms with Gasteiger partial charge in [-0.25, -0.2) is 0 Å². The zero-order valence-corrected chi connectivity index (χ0v) is 30.2. The average Bonchev–Trinajstić information content (AvgIpc) is 3.06. The second kappa shape index (κ2) is 20.3. The van der Waals surface area contributed by atoms with Crippen LogP contribution in [0.2, 0.25) is 0 Å². The fraction of sp³-hybridized carbons (Fsp3) is 0.444. The summed E-state index contributed by atoms with van der Waals surface area (Å²) in [7, 11) is 1.47. The third-order valence-corrected chi connectivity index (χ3v) is 7.86. The van der Waals surface area contributed by atoms with Crippen molar-refractivity contribution in [2.75, 3.05) is 13.6 Å². The molecule has 5 atom stereocenters. The molecule has 5 amide bonds. The van der Waals surface area contributed by atoms with Crippen LogP contribution in [0, 0.1) is 5.41 Å². The van der Waals surface area contributed by atoms with E-state index in [2.05, 4.69) is 31.9 Å². The van der Waals surface area contributed by atoms with Crippen molar-refractivity contribution in [3.63, 3.8) is 0 Å². The maximum absolute atomic E-state index is 14.0. The van der Waals surface area contributed by atoms with Gasteiger partial charge >= 0.3 is 11.9 Å². The molecule has 2 aromatic rings. The number of amides is 5. The fourth-order valence-corrected chi connectivity index (χ4v) is 5.30. The zero-order valence-electron chi connectivity index (χ0n) is 30.2. The predicted octanol–water partition coefficient (Wildman–Crippen LogP) is -0.595. The Labute approximate surface area is 306 Å². The number of benzene rings is 2. The molecule has 0 aromatic heterocycles. The van der Waals surface area contributed by atoms with Crippen molar-refractivity contribution in [2.45, 2.75) is 83.6 Å². The maximum Gasteiger partial charge on any atom is 0.305 e. The molecule has 0 bridgehead atoms. The van der Waals surface area contributed by atoms with Crippen LogP contribution in [0.15, 0.2) is 54.6 Å². The monoisotopic (exact) mass is 740 g/mol. The van der Waals surface area contributed by atoms with E-state index in [1.807, 2.05) is 0 Å². The van der Waals surface area contributed by atoms with Crippen molar-refractivity contribution in [3.8, 4) is 5.75 Å². The number of nitrogens with one attached hydrogen (secondary N) is 6. The molecule has 0 saturated carbocycles. The van der Waals surface area contributed by atoms with Gasteiger partial charge in [-0.05, 0) is 42.6 Å². The topological polar surface area (TPSA) is 269 Å². The molecule has 53 heavy (non-hydrogen) atoms. The second-order valence-electron chi connectivity index (χ2n) is 13.5. The number of aromatic hydroxyl groups is 1. The number of carbonyl (C=O) groups excluding carboxylic acids is 6. The van der Waals surface area contributed by atoms with E-state index >= 15 is 0 Å². The Morgan fingerprint density at radius 3 is 1.45 bits per heavy atom. The Morgan fingerprint density at radius 2 is 1.02 bits per heavy atom. The molecule has 17 nitrogen and oxygen atoms in total. The standard InChI is InChI=1S/C36H48N6O11/c1-20(43)31(36(2,3)4)42-35(53)27(18-30(48)49)41-33(51)25(16-22-11-13-23(44)14-12-22)39-32(50)24(15-21-9-7-6-8-10-21)40-34(52)26(17-29(46)47)38-28(45)19-37-5/h6-14,24-27,31,37,44H,15-19H2,1-5H3,(H,38,45)(H,39,50)(H,40,52)(H,41,51)(H,42,53)(H,46,47)(H,48,49)/t24-,25?,26-,27-,31+/m0/s1. The average molecular weight is 741 g/mol. The first-order chi connectivity index (χ1) is 24.8. The number of phenols is 1. The molecule has 0 fully saturated rings. The number of hydrogen-bond donors (Lipinski definition) is 9. The summed E-state index contributed by atoms with van der Waals surface area (Å²) < 4.78 is 0. The lowest BCUT2D eigenvalue weighted by Crippen LogP contribution is -2.60. The summed E-state index contributed by atoms with van der Waals surface area (Å²) in [6.07, 6.45) is -2.05. The number of carbonyl (C=O) groups is 8. The minimum absolute atomic E-state index is 0.0841. The van der Waals surface area contributed by atoms with Crippen LogP contribution in [0.3, 0.4) is 0 Å². The molecule has 2 aromatic carbocycles.